The van der Waals surface area contributed by atoms with E-state index in [1.165, 1.54) is 0 Å². The quantitative estimate of drug-likeness (QED) is 0.397. The molecule has 1 saturated heterocycles. The molecular formula is C13H19I2N3O. The molecule has 0 radical (unpaired) electrons. The molecule has 106 valence electrons. The Morgan fingerprint density at radius 2 is 2.00 bits per heavy atom. The van der Waals surface area contributed by atoms with Gasteiger partial charge in [0.2, 0.25) is 0 Å². The predicted octanol–water partition coefficient (Wildman–Crippen LogP) is 2.70. The summed E-state index contributed by atoms with van der Waals surface area (Å²) in [4.78, 5) is 6.12. The third kappa shape index (κ3) is 4.66. The highest BCUT2D eigenvalue weighted by atomic mass is 127. The Bertz CT molecular complexity index is 432. The number of rotatable bonds is 2. The number of halogens is 2. The van der Waals surface area contributed by atoms with Crippen molar-refractivity contribution in [3.63, 3.8) is 0 Å². The molecule has 0 unspecified atom stereocenters. The molecule has 0 atom stereocenters. The second kappa shape index (κ2) is 8.13. The van der Waals surface area contributed by atoms with E-state index < -0.39 is 0 Å². The van der Waals surface area contributed by atoms with Crippen molar-refractivity contribution < 1.29 is 4.74 Å². The first kappa shape index (κ1) is 16.8. The maximum Gasteiger partial charge on any atom is 0.190 e. The molecule has 4 nitrogen and oxygen atoms in total. The Hall–Kier alpha value is -0.250. The van der Waals surface area contributed by atoms with Crippen LogP contribution in [0.1, 0.15) is 12.8 Å². The summed E-state index contributed by atoms with van der Waals surface area (Å²) in [6, 6.07) is 8.12. The molecule has 19 heavy (non-hydrogen) atoms. The summed E-state index contributed by atoms with van der Waals surface area (Å²) in [6.45, 7) is 1.83. The molecular weight excluding hydrogens is 468 g/mol. The number of nitrogens with zero attached hydrogens (tertiary/aromatic N) is 2. The molecule has 1 heterocycles. The van der Waals surface area contributed by atoms with E-state index in [1.807, 2.05) is 18.2 Å². The molecule has 1 aliphatic heterocycles. The first-order valence-corrected chi connectivity index (χ1v) is 7.17. The monoisotopic (exact) mass is 487 g/mol. The van der Waals surface area contributed by atoms with Crippen LogP contribution in [0.2, 0.25) is 0 Å². The van der Waals surface area contributed by atoms with Crippen LogP contribution in [0.4, 0.5) is 0 Å². The van der Waals surface area contributed by atoms with Crippen molar-refractivity contribution in [3.05, 3.63) is 27.8 Å². The summed E-state index contributed by atoms with van der Waals surface area (Å²) in [5.41, 5.74) is 5.80. The van der Waals surface area contributed by atoms with Crippen molar-refractivity contribution in [2.24, 2.45) is 10.7 Å². The van der Waals surface area contributed by atoms with Crippen LogP contribution >= 0.6 is 46.6 Å². The van der Waals surface area contributed by atoms with Gasteiger partial charge in [-0.1, -0.05) is 12.1 Å². The number of nitrogens with two attached hydrogens (primary N) is 1. The van der Waals surface area contributed by atoms with Gasteiger partial charge in [-0.25, -0.2) is 0 Å². The Labute approximate surface area is 144 Å². The summed E-state index contributed by atoms with van der Waals surface area (Å²) in [7, 11) is 1.73. The van der Waals surface area contributed by atoms with Crippen LogP contribution in [0, 0.1) is 3.57 Å². The van der Waals surface area contributed by atoms with Crippen LogP contribution in [0.3, 0.4) is 0 Å². The molecule has 2 rings (SSSR count). The summed E-state index contributed by atoms with van der Waals surface area (Å²) in [5.74, 6) is 1.61. The van der Waals surface area contributed by atoms with Gasteiger partial charge in [-0.3, -0.25) is 4.99 Å². The SMILES string of the molecule is CN=C(N)N1CCC(Oc2ccccc2I)CC1.I. The molecule has 1 fully saturated rings. The minimum absolute atomic E-state index is 0. The fourth-order valence-electron chi connectivity index (χ4n) is 2.06. The summed E-state index contributed by atoms with van der Waals surface area (Å²) >= 11 is 2.30. The normalized spacial score (nSPS) is 16.9. The third-order valence-electron chi connectivity index (χ3n) is 3.13. The molecule has 1 aliphatic rings. The average Bonchev–Trinajstić information content (AvgIpc) is 2.41. The van der Waals surface area contributed by atoms with E-state index in [4.69, 9.17) is 10.5 Å². The highest BCUT2D eigenvalue weighted by Gasteiger charge is 2.21. The second-order valence-electron chi connectivity index (χ2n) is 4.32. The number of para-hydroxylation sites is 1. The molecule has 1 aromatic rings. The lowest BCUT2D eigenvalue weighted by molar-refractivity contribution is 0.129. The van der Waals surface area contributed by atoms with Gasteiger partial charge in [0.15, 0.2) is 5.96 Å². The van der Waals surface area contributed by atoms with Gasteiger partial charge in [-0.05, 0) is 34.7 Å². The van der Waals surface area contributed by atoms with E-state index in [1.54, 1.807) is 7.05 Å². The number of aliphatic imine (C=N–C) groups is 1. The lowest BCUT2D eigenvalue weighted by Gasteiger charge is -2.32. The van der Waals surface area contributed by atoms with Crippen LogP contribution in [-0.2, 0) is 0 Å². The number of ether oxygens (including phenoxy) is 1. The minimum Gasteiger partial charge on any atom is -0.489 e. The van der Waals surface area contributed by atoms with Crippen molar-refractivity contribution in [2.45, 2.75) is 18.9 Å². The van der Waals surface area contributed by atoms with Gasteiger partial charge in [-0.15, -0.1) is 24.0 Å². The maximum atomic E-state index is 6.03. The lowest BCUT2D eigenvalue weighted by Crippen LogP contribution is -2.45. The largest absolute Gasteiger partial charge is 0.489 e. The van der Waals surface area contributed by atoms with Crippen molar-refractivity contribution in [1.82, 2.24) is 4.90 Å². The van der Waals surface area contributed by atoms with Crippen LogP contribution in [0.15, 0.2) is 29.3 Å². The molecule has 1 aromatic carbocycles. The molecule has 0 aliphatic carbocycles. The zero-order chi connectivity index (χ0) is 13.0. The van der Waals surface area contributed by atoms with E-state index in [0.717, 1.165) is 35.3 Å². The first-order valence-electron chi connectivity index (χ1n) is 6.09. The van der Waals surface area contributed by atoms with Crippen molar-refractivity contribution >= 4 is 52.5 Å². The number of likely N-dealkylation sites (tertiary alicyclic amines) is 1. The van der Waals surface area contributed by atoms with E-state index in [2.05, 4.69) is 38.5 Å². The minimum atomic E-state index is 0. The fraction of sp³-hybridized carbons (Fsp3) is 0.462. The lowest BCUT2D eigenvalue weighted by atomic mass is 10.1. The summed E-state index contributed by atoms with van der Waals surface area (Å²) in [5, 5.41) is 0. The van der Waals surface area contributed by atoms with Gasteiger partial charge in [0.25, 0.3) is 0 Å². The molecule has 0 bridgehead atoms. The van der Waals surface area contributed by atoms with Crippen molar-refractivity contribution in [3.8, 4) is 5.75 Å². The van der Waals surface area contributed by atoms with Gasteiger partial charge in [-0.2, -0.15) is 0 Å². The Kier molecular flexibility index (Phi) is 7.19. The topological polar surface area (TPSA) is 50.8 Å². The third-order valence-corrected chi connectivity index (χ3v) is 4.02. The van der Waals surface area contributed by atoms with Crippen LogP contribution in [0.25, 0.3) is 0 Å². The van der Waals surface area contributed by atoms with Crippen LogP contribution < -0.4 is 10.5 Å². The van der Waals surface area contributed by atoms with E-state index in [-0.39, 0.29) is 30.1 Å². The van der Waals surface area contributed by atoms with E-state index in [9.17, 15) is 0 Å². The van der Waals surface area contributed by atoms with Gasteiger partial charge < -0.3 is 15.4 Å². The zero-order valence-electron chi connectivity index (χ0n) is 10.9. The fourth-order valence-corrected chi connectivity index (χ4v) is 2.58. The number of piperidine rings is 1. The number of guanidine groups is 1. The van der Waals surface area contributed by atoms with Gasteiger partial charge in [0.1, 0.15) is 11.9 Å². The zero-order valence-corrected chi connectivity index (χ0v) is 15.4. The first-order chi connectivity index (χ1) is 8.70. The highest BCUT2D eigenvalue weighted by molar-refractivity contribution is 14.1. The van der Waals surface area contributed by atoms with E-state index >= 15 is 0 Å². The van der Waals surface area contributed by atoms with E-state index in [0.29, 0.717) is 5.96 Å². The van der Waals surface area contributed by atoms with Gasteiger partial charge >= 0.3 is 0 Å². The van der Waals surface area contributed by atoms with Gasteiger partial charge in [0.05, 0.1) is 3.57 Å². The van der Waals surface area contributed by atoms with Gasteiger partial charge in [0, 0.05) is 33.0 Å². The average molecular weight is 487 g/mol. The molecule has 0 saturated carbocycles. The molecule has 0 spiro atoms. The standard InChI is InChI=1S/C13H18IN3O.HI/c1-16-13(15)17-8-6-10(7-9-17)18-12-5-3-2-4-11(12)14;/h2-5,10H,6-9H2,1H3,(H2,15,16);1H. The van der Waals surface area contributed by atoms with Crippen molar-refractivity contribution in [2.75, 3.05) is 20.1 Å². The van der Waals surface area contributed by atoms with Crippen LogP contribution in [0.5, 0.6) is 5.75 Å². The molecule has 2 N–H and O–H groups in total. The Morgan fingerprint density at radius 3 is 2.58 bits per heavy atom. The number of hydrogen-bond acceptors (Lipinski definition) is 2. The maximum absolute atomic E-state index is 6.03. The highest BCUT2D eigenvalue weighted by Crippen LogP contribution is 2.24. The smallest absolute Gasteiger partial charge is 0.190 e. The summed E-state index contributed by atoms with van der Waals surface area (Å²) < 4.78 is 7.19. The number of hydrogen-bond donors (Lipinski definition) is 1. The number of benzene rings is 1. The molecule has 0 aromatic heterocycles. The van der Waals surface area contributed by atoms with Crippen LogP contribution in [-0.4, -0.2) is 37.1 Å². The van der Waals surface area contributed by atoms with Crippen molar-refractivity contribution in [1.29, 1.82) is 0 Å². The Balaban J connectivity index is 0.00000180. The molecule has 0 amide bonds. The predicted molar refractivity (Wildman–Crippen MR) is 97.3 cm³/mol. The molecule has 6 heteroatoms. The summed E-state index contributed by atoms with van der Waals surface area (Å²) in [6.07, 6.45) is 2.25. The second-order valence-corrected chi connectivity index (χ2v) is 5.48. The Morgan fingerprint density at radius 1 is 1.37 bits per heavy atom.